The van der Waals surface area contributed by atoms with Gasteiger partial charge in [0.05, 0.1) is 24.3 Å². The van der Waals surface area contributed by atoms with Crippen LogP contribution in [0, 0.1) is 6.92 Å². The summed E-state index contributed by atoms with van der Waals surface area (Å²) in [6.07, 6.45) is 1.44. The van der Waals surface area contributed by atoms with Gasteiger partial charge in [-0.3, -0.25) is 4.79 Å². The number of aryl methyl sites for hydroxylation is 1. The molecule has 90 valence electrons. The maximum Gasteiger partial charge on any atom is 0.258 e. The van der Waals surface area contributed by atoms with Crippen molar-refractivity contribution in [2.45, 2.75) is 26.7 Å². The molecule has 0 unspecified atom stereocenters. The molecular weight excluding hydrogens is 216 g/mol. The fourth-order valence-electron chi connectivity index (χ4n) is 2.16. The third kappa shape index (κ3) is 1.79. The number of benzene rings is 1. The Morgan fingerprint density at radius 2 is 2.12 bits per heavy atom. The molecule has 17 heavy (non-hydrogen) atoms. The van der Waals surface area contributed by atoms with E-state index in [0.29, 0.717) is 5.39 Å². The molecule has 0 fully saturated rings. The quantitative estimate of drug-likeness (QED) is 0.864. The third-order valence-electron chi connectivity index (χ3n) is 2.91. The predicted molar refractivity (Wildman–Crippen MR) is 67.7 cm³/mol. The Balaban J connectivity index is 3.01. The molecule has 0 saturated heterocycles. The molecular formula is C13H16N2O2. The predicted octanol–water partition coefficient (Wildman–Crippen LogP) is 2.36. The van der Waals surface area contributed by atoms with Gasteiger partial charge >= 0.3 is 0 Å². The molecule has 1 aromatic carbocycles. The lowest BCUT2D eigenvalue weighted by atomic mass is 9.95. The first-order valence-electron chi connectivity index (χ1n) is 5.61. The van der Waals surface area contributed by atoms with Crippen LogP contribution in [0.2, 0.25) is 0 Å². The lowest BCUT2D eigenvalue weighted by Crippen LogP contribution is -2.11. The Labute approximate surface area is 99.7 Å². The molecule has 1 aromatic heterocycles. The molecule has 2 rings (SSSR count). The van der Waals surface area contributed by atoms with Crippen molar-refractivity contribution < 1.29 is 4.74 Å². The Bertz CT molecular complexity index is 615. The number of aromatic nitrogens is 2. The zero-order valence-corrected chi connectivity index (χ0v) is 10.5. The van der Waals surface area contributed by atoms with Gasteiger partial charge in [-0.05, 0) is 24.5 Å². The van der Waals surface area contributed by atoms with Crippen LogP contribution in [0.1, 0.15) is 30.9 Å². The number of fused-ring (bicyclic) bond motifs is 1. The van der Waals surface area contributed by atoms with Crippen LogP contribution in [0.4, 0.5) is 0 Å². The number of nitrogens with one attached hydrogen (secondary N) is 1. The van der Waals surface area contributed by atoms with Crippen LogP contribution in [-0.4, -0.2) is 17.1 Å². The number of methoxy groups -OCH3 is 1. The summed E-state index contributed by atoms with van der Waals surface area (Å²) in [4.78, 5) is 18.8. The summed E-state index contributed by atoms with van der Waals surface area (Å²) < 4.78 is 5.37. The Kier molecular flexibility index (Phi) is 2.88. The second-order valence-corrected chi connectivity index (χ2v) is 4.42. The van der Waals surface area contributed by atoms with Crippen molar-refractivity contribution in [1.29, 1.82) is 0 Å². The molecule has 0 aliphatic carbocycles. The van der Waals surface area contributed by atoms with Gasteiger partial charge in [-0.2, -0.15) is 0 Å². The van der Waals surface area contributed by atoms with Gasteiger partial charge in [0.25, 0.3) is 5.56 Å². The monoisotopic (exact) mass is 232 g/mol. The summed E-state index contributed by atoms with van der Waals surface area (Å²) in [5, 5.41) is 0.638. The standard InChI is InChI=1S/C13H16N2O2/c1-7(2)10-9(17-4)5-8(3)12-11(10)13(16)15-6-14-12/h5-7H,1-4H3,(H,14,15,16). The normalized spacial score (nSPS) is 11.1. The molecule has 1 heterocycles. The van der Waals surface area contributed by atoms with Gasteiger partial charge in [0, 0.05) is 5.56 Å². The summed E-state index contributed by atoms with van der Waals surface area (Å²) in [6.45, 7) is 6.01. The first kappa shape index (κ1) is 11.6. The highest BCUT2D eigenvalue weighted by molar-refractivity contribution is 5.87. The van der Waals surface area contributed by atoms with E-state index in [1.165, 1.54) is 6.33 Å². The average Bonchev–Trinajstić information content (AvgIpc) is 2.29. The van der Waals surface area contributed by atoms with E-state index in [9.17, 15) is 4.79 Å². The van der Waals surface area contributed by atoms with Crippen molar-refractivity contribution in [2.24, 2.45) is 0 Å². The van der Waals surface area contributed by atoms with Crippen molar-refractivity contribution in [3.05, 3.63) is 33.9 Å². The van der Waals surface area contributed by atoms with Gasteiger partial charge in [0.1, 0.15) is 5.75 Å². The third-order valence-corrected chi connectivity index (χ3v) is 2.91. The second-order valence-electron chi connectivity index (χ2n) is 4.42. The van der Waals surface area contributed by atoms with E-state index in [4.69, 9.17) is 4.74 Å². The van der Waals surface area contributed by atoms with E-state index >= 15 is 0 Å². The summed E-state index contributed by atoms with van der Waals surface area (Å²) in [7, 11) is 1.62. The molecule has 0 aliphatic heterocycles. The minimum atomic E-state index is -0.110. The van der Waals surface area contributed by atoms with Crippen LogP contribution >= 0.6 is 0 Å². The van der Waals surface area contributed by atoms with Crippen molar-refractivity contribution in [2.75, 3.05) is 7.11 Å². The molecule has 0 aliphatic rings. The molecule has 0 spiro atoms. The van der Waals surface area contributed by atoms with Crippen molar-refractivity contribution in [3.63, 3.8) is 0 Å². The van der Waals surface area contributed by atoms with Crippen LogP contribution in [0.15, 0.2) is 17.2 Å². The molecule has 1 N–H and O–H groups in total. The molecule has 4 nitrogen and oxygen atoms in total. The number of hydrogen-bond donors (Lipinski definition) is 1. The lowest BCUT2D eigenvalue weighted by molar-refractivity contribution is 0.408. The topological polar surface area (TPSA) is 55.0 Å². The molecule has 0 bridgehead atoms. The highest BCUT2D eigenvalue weighted by atomic mass is 16.5. The zero-order chi connectivity index (χ0) is 12.6. The van der Waals surface area contributed by atoms with E-state index in [0.717, 1.165) is 22.4 Å². The first-order valence-corrected chi connectivity index (χ1v) is 5.61. The average molecular weight is 232 g/mol. The van der Waals surface area contributed by atoms with E-state index in [1.54, 1.807) is 7.11 Å². The van der Waals surface area contributed by atoms with Crippen LogP contribution in [0.3, 0.4) is 0 Å². The number of H-pyrrole nitrogens is 1. The molecule has 0 atom stereocenters. The van der Waals surface area contributed by atoms with Crippen LogP contribution in [-0.2, 0) is 0 Å². The highest BCUT2D eigenvalue weighted by Crippen LogP contribution is 2.33. The van der Waals surface area contributed by atoms with Crippen LogP contribution in [0.25, 0.3) is 10.9 Å². The van der Waals surface area contributed by atoms with Crippen molar-refractivity contribution >= 4 is 10.9 Å². The molecule has 2 aromatic rings. The summed E-state index contributed by atoms with van der Waals surface area (Å²) >= 11 is 0. The molecule has 4 heteroatoms. The van der Waals surface area contributed by atoms with Gasteiger partial charge in [-0.1, -0.05) is 13.8 Å². The SMILES string of the molecule is COc1cc(C)c2nc[nH]c(=O)c2c1C(C)C. The van der Waals surface area contributed by atoms with Crippen LogP contribution in [0.5, 0.6) is 5.75 Å². The van der Waals surface area contributed by atoms with Crippen LogP contribution < -0.4 is 10.3 Å². The molecule has 0 amide bonds. The minimum absolute atomic E-state index is 0.110. The minimum Gasteiger partial charge on any atom is -0.496 e. The van der Waals surface area contributed by atoms with Gasteiger partial charge < -0.3 is 9.72 Å². The highest BCUT2D eigenvalue weighted by Gasteiger charge is 2.17. The summed E-state index contributed by atoms with van der Waals surface area (Å²) in [5.41, 5.74) is 2.51. The van der Waals surface area contributed by atoms with Crippen molar-refractivity contribution in [3.8, 4) is 5.75 Å². The maximum atomic E-state index is 12.0. The molecule has 0 radical (unpaired) electrons. The number of nitrogens with zero attached hydrogens (tertiary/aromatic N) is 1. The zero-order valence-electron chi connectivity index (χ0n) is 10.5. The number of ether oxygens (including phenoxy) is 1. The second kappa shape index (κ2) is 4.20. The number of rotatable bonds is 2. The van der Waals surface area contributed by atoms with E-state index in [-0.39, 0.29) is 11.5 Å². The Morgan fingerprint density at radius 3 is 2.71 bits per heavy atom. The lowest BCUT2D eigenvalue weighted by Gasteiger charge is -2.15. The largest absolute Gasteiger partial charge is 0.496 e. The van der Waals surface area contributed by atoms with E-state index in [2.05, 4.69) is 9.97 Å². The Morgan fingerprint density at radius 1 is 1.41 bits per heavy atom. The maximum absolute atomic E-state index is 12.0. The summed E-state index contributed by atoms with van der Waals surface area (Å²) in [6, 6.07) is 1.93. The number of hydrogen-bond acceptors (Lipinski definition) is 3. The molecule has 0 saturated carbocycles. The fraction of sp³-hybridized carbons (Fsp3) is 0.385. The van der Waals surface area contributed by atoms with E-state index in [1.807, 2.05) is 26.8 Å². The van der Waals surface area contributed by atoms with Gasteiger partial charge in [0.15, 0.2) is 0 Å². The van der Waals surface area contributed by atoms with E-state index < -0.39 is 0 Å². The van der Waals surface area contributed by atoms with Gasteiger partial charge in [-0.15, -0.1) is 0 Å². The van der Waals surface area contributed by atoms with Gasteiger partial charge in [0.2, 0.25) is 0 Å². The number of aromatic amines is 1. The first-order chi connectivity index (χ1) is 8.06. The fourth-order valence-corrected chi connectivity index (χ4v) is 2.16. The van der Waals surface area contributed by atoms with Crippen molar-refractivity contribution in [1.82, 2.24) is 9.97 Å². The summed E-state index contributed by atoms with van der Waals surface area (Å²) in [5.74, 6) is 0.960. The Hall–Kier alpha value is -1.84. The van der Waals surface area contributed by atoms with Gasteiger partial charge in [-0.25, -0.2) is 4.98 Å². The smallest absolute Gasteiger partial charge is 0.258 e.